The average molecular weight is 420 g/mol. The first-order chi connectivity index (χ1) is 14.5. The maximum atomic E-state index is 12.8. The van der Waals surface area contributed by atoms with E-state index in [-0.39, 0.29) is 5.69 Å². The number of benzene rings is 3. The lowest BCUT2D eigenvalue weighted by Gasteiger charge is -2.10. The molecule has 0 aliphatic carbocycles. The lowest BCUT2D eigenvalue weighted by Crippen LogP contribution is -2.26. The van der Waals surface area contributed by atoms with Crippen LogP contribution in [0.25, 0.3) is 10.9 Å². The normalized spacial score (nSPS) is 10.7. The summed E-state index contributed by atoms with van der Waals surface area (Å²) in [4.78, 5) is 25.5. The van der Waals surface area contributed by atoms with E-state index in [4.69, 9.17) is 16.3 Å². The highest BCUT2D eigenvalue weighted by atomic mass is 35.5. The van der Waals surface area contributed by atoms with E-state index in [2.05, 4.69) is 10.4 Å². The van der Waals surface area contributed by atoms with Crippen LogP contribution in [0.3, 0.4) is 0 Å². The van der Waals surface area contributed by atoms with Crippen molar-refractivity contribution in [2.45, 2.75) is 6.61 Å². The zero-order chi connectivity index (χ0) is 21.1. The Bertz CT molecular complexity index is 1290. The first-order valence-corrected chi connectivity index (χ1v) is 9.64. The van der Waals surface area contributed by atoms with Gasteiger partial charge in [-0.3, -0.25) is 14.3 Å². The number of hydrogen-bond donors (Lipinski definition) is 1. The maximum Gasteiger partial charge on any atom is 0.280 e. The summed E-state index contributed by atoms with van der Waals surface area (Å²) in [6.45, 7) is 0.349. The summed E-state index contributed by atoms with van der Waals surface area (Å²) in [5.74, 6) is 0.174. The summed E-state index contributed by atoms with van der Waals surface area (Å²) in [5.41, 5.74) is 1.36. The van der Waals surface area contributed by atoms with Crippen molar-refractivity contribution in [3.63, 3.8) is 0 Å². The van der Waals surface area contributed by atoms with E-state index < -0.39 is 11.3 Å². The lowest BCUT2D eigenvalue weighted by molar-refractivity contribution is 0.101. The van der Waals surface area contributed by atoms with Gasteiger partial charge >= 0.3 is 0 Å². The van der Waals surface area contributed by atoms with E-state index in [9.17, 15) is 9.59 Å². The topological polar surface area (TPSA) is 73.2 Å². The summed E-state index contributed by atoms with van der Waals surface area (Å²) in [6, 6.07) is 21.6. The highest BCUT2D eigenvalue weighted by Crippen LogP contribution is 2.17. The van der Waals surface area contributed by atoms with Crippen LogP contribution in [0.5, 0.6) is 5.75 Å². The fourth-order valence-electron chi connectivity index (χ4n) is 3.11. The molecule has 1 N–H and O–H groups in total. The molecule has 6 nitrogen and oxygen atoms in total. The molecule has 1 heterocycles. The number of nitrogens with zero attached hydrogens (tertiary/aromatic N) is 2. The third-order valence-corrected chi connectivity index (χ3v) is 4.80. The number of carbonyl (C=O) groups is 1. The van der Waals surface area contributed by atoms with Crippen LogP contribution in [0.1, 0.15) is 16.1 Å². The molecule has 0 fully saturated rings. The zero-order valence-corrected chi connectivity index (χ0v) is 16.9. The molecular formula is C23H18ClN3O3. The molecule has 4 rings (SSSR count). The van der Waals surface area contributed by atoms with Gasteiger partial charge in [-0.15, -0.1) is 0 Å². The van der Waals surface area contributed by atoms with Crippen molar-refractivity contribution in [3.8, 4) is 5.75 Å². The second kappa shape index (κ2) is 8.39. The molecule has 1 aromatic heterocycles. The van der Waals surface area contributed by atoms with Gasteiger partial charge in [0.2, 0.25) is 5.43 Å². The lowest BCUT2D eigenvalue weighted by atomic mass is 10.2. The van der Waals surface area contributed by atoms with Gasteiger partial charge in [0.05, 0.1) is 10.9 Å². The molecule has 0 saturated heterocycles. The van der Waals surface area contributed by atoms with Crippen LogP contribution in [0.2, 0.25) is 5.02 Å². The number of hydrogen-bond acceptors (Lipinski definition) is 4. The number of para-hydroxylation sites is 1. The summed E-state index contributed by atoms with van der Waals surface area (Å²) in [6.07, 6.45) is 0. The van der Waals surface area contributed by atoms with Gasteiger partial charge in [-0.25, -0.2) is 0 Å². The number of aromatic nitrogens is 2. The molecule has 0 aliphatic heterocycles. The Kier molecular flexibility index (Phi) is 5.50. The first kappa shape index (κ1) is 19.7. The Morgan fingerprint density at radius 3 is 2.67 bits per heavy atom. The molecule has 30 heavy (non-hydrogen) atoms. The summed E-state index contributed by atoms with van der Waals surface area (Å²) >= 11 is 6.02. The van der Waals surface area contributed by atoms with Crippen LogP contribution in [-0.2, 0) is 13.7 Å². The van der Waals surface area contributed by atoms with Crippen LogP contribution in [0, 0.1) is 0 Å². The van der Waals surface area contributed by atoms with Crippen LogP contribution in [-0.4, -0.2) is 15.7 Å². The van der Waals surface area contributed by atoms with E-state index in [1.54, 1.807) is 37.4 Å². The van der Waals surface area contributed by atoms with Crippen LogP contribution >= 0.6 is 11.6 Å². The van der Waals surface area contributed by atoms with Crippen molar-refractivity contribution in [2.75, 3.05) is 5.32 Å². The highest BCUT2D eigenvalue weighted by Gasteiger charge is 2.17. The summed E-state index contributed by atoms with van der Waals surface area (Å²) in [7, 11) is 1.67. The van der Waals surface area contributed by atoms with E-state index in [0.717, 1.165) is 11.3 Å². The molecule has 0 saturated carbocycles. The van der Waals surface area contributed by atoms with Crippen LogP contribution < -0.4 is 15.5 Å². The number of ether oxygens (including phenoxy) is 1. The largest absolute Gasteiger partial charge is 0.489 e. The molecule has 0 unspecified atom stereocenters. The Hall–Kier alpha value is -3.64. The third kappa shape index (κ3) is 4.18. The van der Waals surface area contributed by atoms with Crippen LogP contribution in [0.15, 0.2) is 77.6 Å². The molecular weight excluding hydrogens is 402 g/mol. The van der Waals surface area contributed by atoms with Crippen molar-refractivity contribution >= 4 is 34.1 Å². The van der Waals surface area contributed by atoms with Gasteiger partial charge < -0.3 is 10.1 Å². The fourth-order valence-corrected chi connectivity index (χ4v) is 3.28. The van der Waals surface area contributed by atoms with Crippen molar-refractivity contribution in [1.82, 2.24) is 9.78 Å². The zero-order valence-electron chi connectivity index (χ0n) is 16.1. The number of anilines is 1. The minimum absolute atomic E-state index is 0.196. The predicted molar refractivity (Wildman–Crippen MR) is 117 cm³/mol. The molecule has 3 aromatic carbocycles. The van der Waals surface area contributed by atoms with Gasteiger partial charge in [0.1, 0.15) is 12.4 Å². The van der Waals surface area contributed by atoms with Gasteiger partial charge in [0.15, 0.2) is 5.69 Å². The Labute approximate surface area is 177 Å². The Balaban J connectivity index is 1.56. The minimum Gasteiger partial charge on any atom is -0.489 e. The monoisotopic (exact) mass is 419 g/mol. The number of fused-ring (bicyclic) bond motifs is 1. The van der Waals surface area contributed by atoms with E-state index >= 15 is 0 Å². The molecule has 0 atom stereocenters. The van der Waals surface area contributed by atoms with Crippen molar-refractivity contribution in [1.29, 1.82) is 0 Å². The summed E-state index contributed by atoms with van der Waals surface area (Å²) < 4.78 is 7.23. The number of carbonyl (C=O) groups excluding carboxylic acids is 1. The van der Waals surface area contributed by atoms with Gasteiger partial charge in [-0.05, 0) is 48.0 Å². The SMILES string of the molecule is Cn1nc(C(=O)Nc2cccc(COc3ccccc3)c2)c(=O)c2cc(Cl)ccc21. The number of aryl methyl sites for hydroxylation is 1. The van der Waals surface area contributed by atoms with Crippen molar-refractivity contribution in [3.05, 3.63) is 99.3 Å². The Morgan fingerprint density at radius 2 is 1.87 bits per heavy atom. The van der Waals surface area contributed by atoms with Gasteiger partial charge in [-0.2, -0.15) is 5.10 Å². The van der Waals surface area contributed by atoms with Gasteiger partial charge in [0.25, 0.3) is 5.91 Å². The highest BCUT2D eigenvalue weighted by molar-refractivity contribution is 6.31. The smallest absolute Gasteiger partial charge is 0.280 e. The van der Waals surface area contributed by atoms with Crippen molar-refractivity contribution < 1.29 is 9.53 Å². The molecule has 0 spiro atoms. The van der Waals surface area contributed by atoms with E-state index in [0.29, 0.717) is 28.2 Å². The van der Waals surface area contributed by atoms with E-state index in [1.165, 1.54) is 4.68 Å². The number of halogens is 1. The van der Waals surface area contributed by atoms with Crippen molar-refractivity contribution in [2.24, 2.45) is 7.05 Å². The fraction of sp³-hybridized carbons (Fsp3) is 0.0870. The predicted octanol–water partition coefficient (Wildman–Crippen LogP) is 4.42. The second-order valence-electron chi connectivity index (χ2n) is 6.72. The maximum absolute atomic E-state index is 12.8. The number of rotatable bonds is 5. The third-order valence-electron chi connectivity index (χ3n) is 4.57. The molecule has 150 valence electrons. The first-order valence-electron chi connectivity index (χ1n) is 9.26. The van der Waals surface area contributed by atoms with E-state index in [1.807, 2.05) is 42.5 Å². The summed E-state index contributed by atoms with van der Waals surface area (Å²) in [5, 5.41) is 7.65. The molecule has 0 aliphatic rings. The molecule has 0 radical (unpaired) electrons. The number of nitrogens with one attached hydrogen (secondary N) is 1. The second-order valence-corrected chi connectivity index (χ2v) is 7.16. The quantitative estimate of drug-likeness (QED) is 0.519. The number of amides is 1. The molecule has 4 aromatic rings. The average Bonchev–Trinajstić information content (AvgIpc) is 2.75. The van der Waals surface area contributed by atoms with Gasteiger partial charge in [-0.1, -0.05) is 41.9 Å². The van der Waals surface area contributed by atoms with Crippen LogP contribution in [0.4, 0.5) is 5.69 Å². The molecule has 7 heteroatoms. The standard InChI is InChI=1S/C23H18ClN3O3/c1-27-20-11-10-16(24)13-19(20)22(28)21(26-27)23(29)25-17-7-5-6-15(12-17)14-30-18-8-3-2-4-9-18/h2-13H,14H2,1H3,(H,25,29). The Morgan fingerprint density at radius 1 is 1.07 bits per heavy atom. The molecule has 0 bridgehead atoms. The van der Waals surface area contributed by atoms with Gasteiger partial charge in [0, 0.05) is 17.8 Å². The minimum atomic E-state index is -0.585. The molecule has 1 amide bonds.